The zero-order chi connectivity index (χ0) is 31.0. The van der Waals surface area contributed by atoms with Gasteiger partial charge in [0.2, 0.25) is 5.95 Å². The van der Waals surface area contributed by atoms with Crippen molar-refractivity contribution in [1.29, 1.82) is 0 Å². The molecule has 0 aliphatic heterocycles. The second kappa shape index (κ2) is 18.5. The normalized spacial score (nSPS) is 18.4. The van der Waals surface area contributed by atoms with Gasteiger partial charge in [0.25, 0.3) is 5.56 Å². The van der Waals surface area contributed by atoms with Gasteiger partial charge in [-0.15, -0.1) is 0 Å². The summed E-state index contributed by atoms with van der Waals surface area (Å²) in [5, 5.41) is 0. The lowest BCUT2D eigenvalue weighted by atomic mass is 10.1. The van der Waals surface area contributed by atoms with Crippen LogP contribution >= 0.6 is 0 Å². The Morgan fingerprint density at radius 1 is 0.884 bits per heavy atom. The van der Waals surface area contributed by atoms with E-state index in [2.05, 4.69) is 35.4 Å². The minimum absolute atomic E-state index is 0.0236. The standard InChI is InChI=1S/C33H53N5O5/c1-4-6-8-10-12-14-16-18-20-27(39)42-26-22-25(38-23-35-29-31(38)36-33(34)37-32(29)41)24(3)30(26)43-28(40)21-19-17-15-13-11-9-7-5-2/h23,25-26,30H,3-22H2,1-2H3,(H3,34,36,37,41)/t25-,26-,30+/m0/s1. The molecule has 3 N–H and O–H groups in total. The fourth-order valence-electron chi connectivity index (χ4n) is 5.88. The number of hydrogen-bond donors (Lipinski definition) is 2. The van der Waals surface area contributed by atoms with Crippen LogP contribution in [0.3, 0.4) is 0 Å². The molecular formula is C33H53N5O5. The van der Waals surface area contributed by atoms with Crippen LogP contribution in [0, 0.1) is 0 Å². The first kappa shape index (κ1) is 34.3. The van der Waals surface area contributed by atoms with Crippen LogP contribution in [0.25, 0.3) is 11.2 Å². The molecule has 1 aliphatic carbocycles. The molecule has 1 fully saturated rings. The number of unbranched alkanes of at least 4 members (excludes halogenated alkanes) is 14. The van der Waals surface area contributed by atoms with E-state index in [4.69, 9.17) is 15.2 Å². The van der Waals surface area contributed by atoms with Crippen LogP contribution in [0.4, 0.5) is 5.95 Å². The minimum atomic E-state index is -0.786. The lowest BCUT2D eigenvalue weighted by molar-refractivity contribution is -0.163. The number of ether oxygens (including phenoxy) is 2. The molecule has 0 aromatic carbocycles. The number of nitrogens with one attached hydrogen (secondary N) is 1. The van der Waals surface area contributed by atoms with Crippen LogP contribution in [0.2, 0.25) is 0 Å². The van der Waals surface area contributed by atoms with Gasteiger partial charge in [0.05, 0.1) is 12.4 Å². The summed E-state index contributed by atoms with van der Waals surface area (Å²) >= 11 is 0. The summed E-state index contributed by atoms with van der Waals surface area (Å²) in [5.41, 5.74) is 6.40. The molecule has 0 radical (unpaired) electrons. The van der Waals surface area contributed by atoms with Gasteiger partial charge < -0.3 is 19.8 Å². The maximum absolute atomic E-state index is 12.9. The van der Waals surface area contributed by atoms with Crippen LogP contribution in [-0.2, 0) is 19.1 Å². The average molecular weight is 600 g/mol. The van der Waals surface area contributed by atoms with Gasteiger partial charge >= 0.3 is 11.9 Å². The molecule has 0 unspecified atom stereocenters. The number of aromatic amines is 1. The summed E-state index contributed by atoms with van der Waals surface area (Å²) in [6.45, 7) is 8.65. The van der Waals surface area contributed by atoms with Crippen molar-refractivity contribution >= 4 is 29.1 Å². The molecule has 43 heavy (non-hydrogen) atoms. The zero-order valence-electron chi connectivity index (χ0n) is 26.4. The van der Waals surface area contributed by atoms with Crippen molar-refractivity contribution in [2.45, 2.75) is 154 Å². The Morgan fingerprint density at radius 2 is 1.40 bits per heavy atom. The third-order valence-corrected chi connectivity index (χ3v) is 8.38. The molecule has 0 saturated heterocycles. The number of fused-ring (bicyclic) bond motifs is 1. The van der Waals surface area contributed by atoms with Crippen LogP contribution < -0.4 is 11.3 Å². The number of carbonyl (C=O) groups excluding carboxylic acids is 2. The fourth-order valence-corrected chi connectivity index (χ4v) is 5.88. The van der Waals surface area contributed by atoms with E-state index in [1.165, 1.54) is 70.5 Å². The second-order valence-electron chi connectivity index (χ2n) is 12.0. The summed E-state index contributed by atoms with van der Waals surface area (Å²) in [4.78, 5) is 49.0. The highest BCUT2D eigenvalue weighted by molar-refractivity contribution is 5.72. The van der Waals surface area contributed by atoms with Gasteiger partial charge in [-0.05, 0) is 18.4 Å². The summed E-state index contributed by atoms with van der Waals surface area (Å²) in [6, 6.07) is -0.430. The molecule has 240 valence electrons. The molecule has 3 rings (SSSR count). The molecule has 10 heteroatoms. The van der Waals surface area contributed by atoms with E-state index in [-0.39, 0.29) is 23.4 Å². The molecule has 10 nitrogen and oxygen atoms in total. The predicted molar refractivity (Wildman–Crippen MR) is 170 cm³/mol. The van der Waals surface area contributed by atoms with Crippen LogP contribution in [0.15, 0.2) is 23.3 Å². The van der Waals surface area contributed by atoms with Gasteiger partial charge in [0.15, 0.2) is 17.3 Å². The number of carbonyl (C=O) groups is 2. The molecule has 3 atom stereocenters. The smallest absolute Gasteiger partial charge is 0.306 e. The zero-order valence-corrected chi connectivity index (χ0v) is 26.4. The van der Waals surface area contributed by atoms with E-state index in [1.807, 2.05) is 0 Å². The number of nitrogen functional groups attached to an aromatic ring is 1. The highest BCUT2D eigenvalue weighted by Crippen LogP contribution is 2.39. The number of rotatable bonds is 21. The van der Waals surface area contributed by atoms with Gasteiger partial charge in [-0.3, -0.25) is 19.4 Å². The van der Waals surface area contributed by atoms with E-state index in [0.717, 1.165) is 38.5 Å². The van der Waals surface area contributed by atoms with E-state index in [0.29, 0.717) is 30.5 Å². The SMILES string of the molecule is C=C1[C@@H](OC(=O)CCCCCCCCCC)[C@@H](OC(=O)CCCCCCCCCC)C[C@@H]1n1cnc2c(=O)[nH]c(N)nc21. The van der Waals surface area contributed by atoms with Gasteiger partial charge in [0.1, 0.15) is 6.10 Å². The van der Waals surface area contributed by atoms with Crippen molar-refractivity contribution in [3.63, 3.8) is 0 Å². The average Bonchev–Trinajstić information content (AvgIpc) is 3.52. The predicted octanol–water partition coefficient (Wildman–Crippen LogP) is 7.09. The molecule has 2 aromatic heterocycles. The van der Waals surface area contributed by atoms with Gasteiger partial charge in [0, 0.05) is 19.3 Å². The molecule has 1 saturated carbocycles. The van der Waals surface area contributed by atoms with E-state index >= 15 is 0 Å². The maximum atomic E-state index is 12.9. The number of esters is 2. The summed E-state index contributed by atoms with van der Waals surface area (Å²) < 4.78 is 13.5. The summed E-state index contributed by atoms with van der Waals surface area (Å²) in [7, 11) is 0. The van der Waals surface area contributed by atoms with Gasteiger partial charge in [-0.2, -0.15) is 4.98 Å². The van der Waals surface area contributed by atoms with Crippen LogP contribution in [0.5, 0.6) is 0 Å². The first-order valence-corrected chi connectivity index (χ1v) is 16.7. The van der Waals surface area contributed by atoms with Gasteiger partial charge in [-0.25, -0.2) is 4.98 Å². The molecular weight excluding hydrogens is 546 g/mol. The first-order chi connectivity index (χ1) is 20.8. The molecule has 2 heterocycles. The van der Waals surface area contributed by atoms with Crippen molar-refractivity contribution in [3.8, 4) is 0 Å². The van der Waals surface area contributed by atoms with Gasteiger partial charge in [-0.1, -0.05) is 110 Å². The lowest BCUT2D eigenvalue weighted by Gasteiger charge is -2.21. The first-order valence-electron chi connectivity index (χ1n) is 16.7. The Balaban J connectivity index is 1.59. The molecule has 0 amide bonds. The Bertz CT molecular complexity index is 1220. The highest BCUT2D eigenvalue weighted by Gasteiger charge is 2.44. The minimum Gasteiger partial charge on any atom is -0.458 e. The van der Waals surface area contributed by atoms with E-state index in [1.54, 1.807) is 4.57 Å². The number of anilines is 1. The second-order valence-corrected chi connectivity index (χ2v) is 12.0. The molecule has 0 bridgehead atoms. The third kappa shape index (κ3) is 10.8. The lowest BCUT2D eigenvalue weighted by Crippen LogP contribution is -2.31. The quantitative estimate of drug-likeness (QED) is 0.0880. The van der Waals surface area contributed by atoms with E-state index < -0.39 is 23.8 Å². The highest BCUT2D eigenvalue weighted by atomic mass is 16.6. The van der Waals surface area contributed by atoms with Crippen LogP contribution in [-0.4, -0.2) is 43.7 Å². The van der Waals surface area contributed by atoms with Crippen molar-refractivity contribution < 1.29 is 19.1 Å². The topological polar surface area (TPSA) is 142 Å². The number of hydrogen-bond acceptors (Lipinski definition) is 8. The Morgan fingerprint density at radius 3 is 1.95 bits per heavy atom. The number of nitrogens with two attached hydrogens (primary N) is 1. The summed E-state index contributed by atoms with van der Waals surface area (Å²) in [6.07, 6.45) is 19.1. The fraction of sp³-hybridized carbons (Fsp3) is 0.727. The Labute approximate surface area is 256 Å². The number of aromatic nitrogens is 4. The summed E-state index contributed by atoms with van der Waals surface area (Å²) in [5.74, 6) is -0.649. The van der Waals surface area contributed by atoms with Crippen molar-refractivity contribution in [1.82, 2.24) is 19.5 Å². The van der Waals surface area contributed by atoms with Crippen molar-refractivity contribution in [3.05, 3.63) is 28.8 Å². The third-order valence-electron chi connectivity index (χ3n) is 8.38. The largest absolute Gasteiger partial charge is 0.458 e. The van der Waals surface area contributed by atoms with Crippen molar-refractivity contribution in [2.75, 3.05) is 5.73 Å². The Hall–Kier alpha value is -3.17. The monoisotopic (exact) mass is 599 g/mol. The van der Waals surface area contributed by atoms with Crippen LogP contribution in [0.1, 0.15) is 142 Å². The molecule has 0 spiro atoms. The van der Waals surface area contributed by atoms with E-state index in [9.17, 15) is 14.4 Å². The number of H-pyrrole nitrogens is 1. The Kier molecular flexibility index (Phi) is 14.8. The molecule has 1 aliphatic rings. The number of nitrogens with zero attached hydrogens (tertiary/aromatic N) is 3. The number of imidazole rings is 1. The van der Waals surface area contributed by atoms with Crippen molar-refractivity contribution in [2.24, 2.45) is 0 Å². The molecule has 2 aromatic rings. The maximum Gasteiger partial charge on any atom is 0.306 e.